The number of carbonyl (C=O) groups is 3. The van der Waals surface area contributed by atoms with Crippen LogP contribution in [0.15, 0.2) is 48.5 Å². The highest BCUT2D eigenvalue weighted by molar-refractivity contribution is 5.99. The van der Waals surface area contributed by atoms with Gasteiger partial charge in [-0.1, -0.05) is 35.9 Å². The lowest BCUT2D eigenvalue weighted by Gasteiger charge is -2.44. The van der Waals surface area contributed by atoms with Gasteiger partial charge < -0.3 is 14.7 Å². The average molecular weight is 422 g/mol. The van der Waals surface area contributed by atoms with Gasteiger partial charge in [-0.3, -0.25) is 14.5 Å². The van der Waals surface area contributed by atoms with Crippen LogP contribution in [0, 0.1) is 13.8 Å². The average Bonchev–Trinajstić information content (AvgIpc) is 3.12. The number of hydrogen-bond acceptors (Lipinski definition) is 4. The van der Waals surface area contributed by atoms with Crippen molar-refractivity contribution in [3.05, 3.63) is 70.8 Å². The van der Waals surface area contributed by atoms with Crippen LogP contribution in [0.4, 0.5) is 0 Å². The lowest BCUT2D eigenvalue weighted by Crippen LogP contribution is -2.58. The Morgan fingerprint density at radius 3 is 2.35 bits per heavy atom. The van der Waals surface area contributed by atoms with E-state index in [2.05, 4.69) is 0 Å². The van der Waals surface area contributed by atoms with Crippen LogP contribution in [0.3, 0.4) is 0 Å². The minimum atomic E-state index is -1.09. The second-order valence-corrected chi connectivity index (χ2v) is 8.26. The normalized spacial score (nSPS) is 20.1. The molecular weight excluding hydrogens is 396 g/mol. The molecular formula is C24H26N2O5. The Hall–Kier alpha value is -3.19. The van der Waals surface area contributed by atoms with Gasteiger partial charge in [-0.2, -0.15) is 0 Å². The molecule has 162 valence electrons. The second kappa shape index (κ2) is 8.15. The number of rotatable bonds is 3. The van der Waals surface area contributed by atoms with Crippen molar-refractivity contribution in [1.82, 2.24) is 9.80 Å². The minimum absolute atomic E-state index is 0.0568. The number of likely N-dealkylation sites (tertiary alicyclic amines) is 1. The van der Waals surface area contributed by atoms with E-state index in [-0.39, 0.29) is 18.4 Å². The van der Waals surface area contributed by atoms with E-state index < -0.39 is 17.7 Å². The molecule has 2 saturated heterocycles. The van der Waals surface area contributed by atoms with E-state index >= 15 is 0 Å². The van der Waals surface area contributed by atoms with Gasteiger partial charge >= 0.3 is 5.97 Å². The van der Waals surface area contributed by atoms with Crippen LogP contribution in [0.5, 0.6) is 0 Å². The number of hydrogen-bond donors (Lipinski definition) is 1. The van der Waals surface area contributed by atoms with Crippen molar-refractivity contribution >= 4 is 17.8 Å². The Bertz CT molecular complexity index is 1030. The summed E-state index contributed by atoms with van der Waals surface area (Å²) >= 11 is 0. The molecule has 2 aliphatic heterocycles. The SMILES string of the molecule is Cc1cccc(C(=O)N2CCC3(CC2)OCC(C(=O)O)N3C(=O)c2ccccc2C)c1. The van der Waals surface area contributed by atoms with Gasteiger partial charge in [0.25, 0.3) is 11.8 Å². The number of amides is 2. The van der Waals surface area contributed by atoms with Gasteiger partial charge in [0.1, 0.15) is 5.72 Å². The first-order valence-electron chi connectivity index (χ1n) is 10.4. The zero-order valence-electron chi connectivity index (χ0n) is 17.7. The number of carboxylic acids is 1. The number of aliphatic carboxylic acids is 1. The number of carbonyl (C=O) groups excluding carboxylic acids is 2. The highest BCUT2D eigenvalue weighted by atomic mass is 16.5. The fourth-order valence-corrected chi connectivity index (χ4v) is 4.52. The molecule has 1 N–H and O–H groups in total. The summed E-state index contributed by atoms with van der Waals surface area (Å²) in [4.78, 5) is 41.4. The standard InChI is InChI=1S/C24H26N2O5/c1-16-6-5-8-18(14-16)21(27)25-12-10-24(11-13-25)26(20(15-31-24)23(29)30)22(28)19-9-4-3-7-17(19)2/h3-9,14,20H,10-13,15H2,1-2H3,(H,29,30). The molecule has 0 saturated carbocycles. The quantitative estimate of drug-likeness (QED) is 0.822. The van der Waals surface area contributed by atoms with Gasteiger partial charge in [0.05, 0.1) is 6.61 Å². The Kier molecular flexibility index (Phi) is 5.54. The van der Waals surface area contributed by atoms with Crippen LogP contribution in [0.25, 0.3) is 0 Å². The van der Waals surface area contributed by atoms with Gasteiger partial charge in [-0.15, -0.1) is 0 Å². The molecule has 0 aliphatic carbocycles. The van der Waals surface area contributed by atoms with Gasteiger partial charge in [0, 0.05) is 37.1 Å². The molecule has 1 unspecified atom stereocenters. The molecule has 2 aromatic carbocycles. The van der Waals surface area contributed by atoms with Gasteiger partial charge in [0.2, 0.25) is 0 Å². The Labute approximate surface area is 181 Å². The number of ether oxygens (including phenoxy) is 1. The van der Waals surface area contributed by atoms with Crippen molar-refractivity contribution in [2.45, 2.75) is 38.5 Å². The number of nitrogens with zero attached hydrogens (tertiary/aromatic N) is 2. The first-order valence-corrected chi connectivity index (χ1v) is 10.4. The summed E-state index contributed by atoms with van der Waals surface area (Å²) < 4.78 is 5.99. The van der Waals surface area contributed by atoms with Crippen molar-refractivity contribution in [3.8, 4) is 0 Å². The van der Waals surface area contributed by atoms with Crippen LogP contribution < -0.4 is 0 Å². The van der Waals surface area contributed by atoms with E-state index in [4.69, 9.17) is 4.74 Å². The third-order valence-electron chi connectivity index (χ3n) is 6.24. The Morgan fingerprint density at radius 1 is 1.00 bits per heavy atom. The molecule has 4 rings (SSSR count). The fourth-order valence-electron chi connectivity index (χ4n) is 4.52. The molecule has 2 aromatic rings. The number of aryl methyl sites for hydroxylation is 2. The summed E-state index contributed by atoms with van der Waals surface area (Å²) in [6, 6.07) is 13.5. The van der Waals surface area contributed by atoms with Crippen molar-refractivity contribution in [2.75, 3.05) is 19.7 Å². The summed E-state index contributed by atoms with van der Waals surface area (Å²) in [5.74, 6) is -1.50. The van der Waals surface area contributed by atoms with Crippen LogP contribution in [-0.4, -0.2) is 64.2 Å². The maximum atomic E-state index is 13.4. The Balaban J connectivity index is 1.58. The molecule has 0 bridgehead atoms. The van der Waals surface area contributed by atoms with Crippen molar-refractivity contribution < 1.29 is 24.2 Å². The van der Waals surface area contributed by atoms with Crippen LogP contribution >= 0.6 is 0 Å². The first-order chi connectivity index (χ1) is 14.8. The molecule has 2 heterocycles. The van der Waals surface area contributed by atoms with Crippen molar-refractivity contribution in [3.63, 3.8) is 0 Å². The smallest absolute Gasteiger partial charge is 0.328 e. The zero-order chi connectivity index (χ0) is 22.2. The number of benzene rings is 2. The summed E-state index contributed by atoms with van der Waals surface area (Å²) in [7, 11) is 0. The maximum absolute atomic E-state index is 13.4. The molecule has 2 aliphatic rings. The third-order valence-corrected chi connectivity index (χ3v) is 6.24. The fraction of sp³-hybridized carbons (Fsp3) is 0.375. The molecule has 7 nitrogen and oxygen atoms in total. The second-order valence-electron chi connectivity index (χ2n) is 8.26. The van der Waals surface area contributed by atoms with Crippen molar-refractivity contribution in [2.24, 2.45) is 0 Å². The zero-order valence-corrected chi connectivity index (χ0v) is 17.7. The predicted octanol–water partition coefficient (Wildman–Crippen LogP) is 2.86. The highest BCUT2D eigenvalue weighted by Crippen LogP contribution is 2.39. The van der Waals surface area contributed by atoms with Crippen LogP contribution in [-0.2, 0) is 9.53 Å². The number of piperidine rings is 1. The van der Waals surface area contributed by atoms with E-state index in [9.17, 15) is 19.5 Å². The lowest BCUT2D eigenvalue weighted by molar-refractivity contribution is -0.143. The van der Waals surface area contributed by atoms with Gasteiger partial charge in [0.15, 0.2) is 6.04 Å². The number of carboxylic acid groups (broad SMARTS) is 1. The molecule has 0 aromatic heterocycles. The predicted molar refractivity (Wildman–Crippen MR) is 114 cm³/mol. The molecule has 31 heavy (non-hydrogen) atoms. The summed E-state index contributed by atoms with van der Waals surface area (Å²) in [6.07, 6.45) is 0.734. The molecule has 1 spiro atoms. The van der Waals surface area contributed by atoms with Crippen LogP contribution in [0.2, 0.25) is 0 Å². The maximum Gasteiger partial charge on any atom is 0.328 e. The highest BCUT2D eigenvalue weighted by Gasteiger charge is 2.54. The molecule has 1 atom stereocenters. The summed E-state index contributed by atoms with van der Waals surface area (Å²) in [6.45, 7) is 4.48. The Morgan fingerprint density at radius 2 is 1.71 bits per heavy atom. The minimum Gasteiger partial charge on any atom is -0.480 e. The van der Waals surface area contributed by atoms with E-state index in [1.54, 1.807) is 23.1 Å². The molecule has 0 radical (unpaired) electrons. The third kappa shape index (κ3) is 3.81. The monoisotopic (exact) mass is 422 g/mol. The summed E-state index contributed by atoms with van der Waals surface area (Å²) in [5.41, 5.74) is 1.87. The summed E-state index contributed by atoms with van der Waals surface area (Å²) in [5, 5.41) is 9.74. The first kappa shape index (κ1) is 21.1. The van der Waals surface area contributed by atoms with E-state index in [1.165, 1.54) is 4.90 Å². The van der Waals surface area contributed by atoms with E-state index in [0.29, 0.717) is 37.1 Å². The van der Waals surface area contributed by atoms with E-state index in [1.807, 2.05) is 44.2 Å². The molecule has 7 heteroatoms. The van der Waals surface area contributed by atoms with E-state index in [0.717, 1.165) is 11.1 Å². The van der Waals surface area contributed by atoms with Crippen molar-refractivity contribution in [1.29, 1.82) is 0 Å². The van der Waals surface area contributed by atoms with Crippen LogP contribution in [0.1, 0.15) is 44.7 Å². The molecule has 2 fully saturated rings. The topological polar surface area (TPSA) is 87.2 Å². The largest absolute Gasteiger partial charge is 0.480 e. The van der Waals surface area contributed by atoms with Gasteiger partial charge in [-0.05, 0) is 37.6 Å². The lowest BCUT2D eigenvalue weighted by atomic mass is 9.95. The van der Waals surface area contributed by atoms with Gasteiger partial charge in [-0.25, -0.2) is 4.79 Å². The molecule has 2 amide bonds.